The van der Waals surface area contributed by atoms with E-state index < -0.39 is 0 Å². The van der Waals surface area contributed by atoms with Crippen molar-refractivity contribution in [1.82, 2.24) is 19.6 Å². The highest BCUT2D eigenvalue weighted by atomic mass is 16.5. The molecule has 0 amide bonds. The first-order valence-electron chi connectivity index (χ1n) is 6.00. The van der Waals surface area contributed by atoms with Crippen LogP contribution in [0.4, 0.5) is 0 Å². The molecule has 2 heterocycles. The van der Waals surface area contributed by atoms with Gasteiger partial charge in [0.25, 0.3) is 5.78 Å². The summed E-state index contributed by atoms with van der Waals surface area (Å²) >= 11 is 0. The van der Waals surface area contributed by atoms with Crippen molar-refractivity contribution in [3.63, 3.8) is 0 Å². The highest BCUT2D eigenvalue weighted by Gasteiger charge is 2.20. The van der Waals surface area contributed by atoms with Crippen LogP contribution < -0.4 is 0 Å². The molecular formula is C12H14N4O2. The molecule has 94 valence electrons. The minimum Gasteiger partial charge on any atom is -0.469 e. The van der Waals surface area contributed by atoms with Crippen molar-refractivity contribution in [1.29, 1.82) is 0 Å². The maximum absolute atomic E-state index is 11.2. The van der Waals surface area contributed by atoms with Crippen molar-refractivity contribution in [2.24, 2.45) is 0 Å². The Labute approximate surface area is 104 Å². The maximum atomic E-state index is 11.2. The second-order valence-corrected chi connectivity index (χ2v) is 4.47. The van der Waals surface area contributed by atoms with Crippen molar-refractivity contribution >= 4 is 11.7 Å². The van der Waals surface area contributed by atoms with Crippen LogP contribution in [0, 0.1) is 6.92 Å². The molecule has 0 saturated carbocycles. The van der Waals surface area contributed by atoms with Crippen molar-refractivity contribution in [3.8, 4) is 0 Å². The third-order valence-electron chi connectivity index (χ3n) is 3.31. The smallest absolute Gasteiger partial charge is 0.313 e. The van der Waals surface area contributed by atoms with E-state index in [1.165, 1.54) is 18.4 Å². The Morgan fingerprint density at radius 3 is 3.00 bits per heavy atom. The molecule has 0 bridgehead atoms. The minimum absolute atomic E-state index is 0.0910. The predicted molar refractivity (Wildman–Crippen MR) is 63.3 cm³/mol. The second-order valence-electron chi connectivity index (χ2n) is 4.47. The first-order valence-corrected chi connectivity index (χ1v) is 6.00. The average Bonchev–Trinajstić information content (AvgIpc) is 2.94. The molecule has 0 fully saturated rings. The minimum atomic E-state index is -0.334. The van der Waals surface area contributed by atoms with Gasteiger partial charge in [-0.1, -0.05) is 0 Å². The fourth-order valence-corrected chi connectivity index (χ4v) is 2.44. The van der Waals surface area contributed by atoms with E-state index in [0.29, 0.717) is 11.6 Å². The first-order chi connectivity index (χ1) is 8.69. The van der Waals surface area contributed by atoms with E-state index in [1.54, 1.807) is 4.52 Å². The van der Waals surface area contributed by atoms with Crippen LogP contribution in [0.25, 0.3) is 5.78 Å². The highest BCUT2D eigenvalue weighted by molar-refractivity contribution is 5.71. The Kier molecular flexibility index (Phi) is 2.50. The van der Waals surface area contributed by atoms with Gasteiger partial charge in [-0.05, 0) is 31.7 Å². The van der Waals surface area contributed by atoms with Crippen LogP contribution in [-0.4, -0.2) is 32.7 Å². The van der Waals surface area contributed by atoms with Crippen molar-refractivity contribution in [2.75, 3.05) is 7.11 Å². The number of nitrogens with zero attached hydrogens (tertiary/aromatic N) is 4. The molecule has 2 aromatic heterocycles. The van der Waals surface area contributed by atoms with Gasteiger partial charge >= 0.3 is 5.97 Å². The molecule has 2 aromatic rings. The lowest BCUT2D eigenvalue weighted by Gasteiger charge is -2.03. The van der Waals surface area contributed by atoms with E-state index in [1.807, 2.05) is 6.92 Å². The zero-order valence-corrected chi connectivity index (χ0v) is 10.4. The number of rotatable bonds is 2. The lowest BCUT2D eigenvalue weighted by Crippen LogP contribution is -2.06. The Morgan fingerprint density at radius 2 is 2.22 bits per heavy atom. The summed E-state index contributed by atoms with van der Waals surface area (Å²) in [4.78, 5) is 19.9. The maximum Gasteiger partial charge on any atom is 0.313 e. The molecule has 18 heavy (non-hydrogen) atoms. The van der Waals surface area contributed by atoms with E-state index in [4.69, 9.17) is 0 Å². The van der Waals surface area contributed by atoms with E-state index in [9.17, 15) is 4.79 Å². The van der Waals surface area contributed by atoms with Gasteiger partial charge in [-0.15, -0.1) is 5.10 Å². The standard InChI is InChI=1S/C12H14N4O2/c1-7-8-4-3-5-9(8)16-12(13-7)14-10(15-16)6-11(17)18-2/h3-6H2,1-2H3. The molecule has 0 unspecified atom stereocenters. The number of hydrogen-bond acceptors (Lipinski definition) is 5. The van der Waals surface area contributed by atoms with Crippen molar-refractivity contribution in [3.05, 3.63) is 22.8 Å². The van der Waals surface area contributed by atoms with Gasteiger partial charge in [-0.2, -0.15) is 4.98 Å². The van der Waals surface area contributed by atoms with Crippen molar-refractivity contribution < 1.29 is 9.53 Å². The third kappa shape index (κ3) is 1.64. The van der Waals surface area contributed by atoms with Crippen LogP contribution in [0.15, 0.2) is 0 Å². The predicted octanol–water partition coefficient (Wildman–Crippen LogP) is 0.637. The van der Waals surface area contributed by atoms with Gasteiger partial charge in [0.05, 0.1) is 12.8 Å². The number of aryl methyl sites for hydroxylation is 2. The van der Waals surface area contributed by atoms with Crippen molar-refractivity contribution in [2.45, 2.75) is 32.6 Å². The number of esters is 1. The molecule has 0 N–H and O–H groups in total. The molecular weight excluding hydrogens is 232 g/mol. The number of hydrogen-bond donors (Lipinski definition) is 0. The number of ether oxygens (including phenoxy) is 1. The summed E-state index contributed by atoms with van der Waals surface area (Å²) < 4.78 is 6.39. The molecule has 1 aliphatic rings. The zero-order chi connectivity index (χ0) is 12.7. The molecule has 0 spiro atoms. The molecule has 0 saturated heterocycles. The Bertz CT molecular complexity index is 633. The van der Waals surface area contributed by atoms with E-state index >= 15 is 0 Å². The number of carbonyl (C=O) groups excluding carboxylic acids is 1. The SMILES string of the molecule is COC(=O)Cc1nc2nc(C)c3c(n2n1)CCC3. The first kappa shape index (κ1) is 11.1. The summed E-state index contributed by atoms with van der Waals surface area (Å²) in [5, 5.41) is 4.36. The van der Waals surface area contributed by atoms with Crippen LogP contribution in [0.2, 0.25) is 0 Å². The van der Waals surface area contributed by atoms with Crippen LogP contribution in [0.5, 0.6) is 0 Å². The Morgan fingerprint density at radius 1 is 1.39 bits per heavy atom. The van der Waals surface area contributed by atoms with Gasteiger partial charge in [0.1, 0.15) is 6.42 Å². The molecule has 0 aliphatic heterocycles. The molecule has 0 radical (unpaired) electrons. The second kappa shape index (κ2) is 4.04. The van der Waals surface area contributed by atoms with Crippen LogP contribution in [-0.2, 0) is 28.8 Å². The summed E-state index contributed by atoms with van der Waals surface area (Å²) in [6.45, 7) is 2.00. The fourth-order valence-electron chi connectivity index (χ4n) is 2.44. The van der Waals surface area contributed by atoms with Crippen LogP contribution in [0.1, 0.15) is 29.2 Å². The lowest BCUT2D eigenvalue weighted by molar-refractivity contribution is -0.139. The topological polar surface area (TPSA) is 69.4 Å². The monoisotopic (exact) mass is 246 g/mol. The quantitative estimate of drug-likeness (QED) is 0.727. The summed E-state index contributed by atoms with van der Waals surface area (Å²) in [7, 11) is 1.36. The molecule has 3 rings (SSSR count). The summed E-state index contributed by atoms with van der Waals surface area (Å²) in [6, 6.07) is 0. The normalized spacial score (nSPS) is 13.9. The largest absolute Gasteiger partial charge is 0.469 e. The zero-order valence-electron chi connectivity index (χ0n) is 10.4. The third-order valence-corrected chi connectivity index (χ3v) is 3.31. The lowest BCUT2D eigenvalue weighted by atomic mass is 10.2. The van der Waals surface area contributed by atoms with Gasteiger partial charge < -0.3 is 4.74 Å². The van der Waals surface area contributed by atoms with Gasteiger partial charge in [-0.3, -0.25) is 4.79 Å². The van der Waals surface area contributed by atoms with Gasteiger partial charge in [-0.25, -0.2) is 9.50 Å². The summed E-state index contributed by atoms with van der Waals surface area (Å²) in [5.41, 5.74) is 3.48. The summed E-state index contributed by atoms with van der Waals surface area (Å²) in [6.07, 6.45) is 3.27. The molecule has 0 aromatic carbocycles. The van der Waals surface area contributed by atoms with Crippen LogP contribution >= 0.6 is 0 Å². The Hall–Kier alpha value is -1.98. The number of methoxy groups -OCH3 is 1. The van der Waals surface area contributed by atoms with Crippen LogP contribution in [0.3, 0.4) is 0 Å². The number of carbonyl (C=O) groups is 1. The van der Waals surface area contributed by atoms with Gasteiger partial charge in [0, 0.05) is 5.69 Å². The highest BCUT2D eigenvalue weighted by Crippen LogP contribution is 2.24. The molecule has 0 atom stereocenters. The van der Waals surface area contributed by atoms with E-state index in [-0.39, 0.29) is 12.4 Å². The molecule has 6 nitrogen and oxygen atoms in total. The van der Waals surface area contributed by atoms with E-state index in [0.717, 1.165) is 25.0 Å². The Balaban J connectivity index is 2.10. The van der Waals surface area contributed by atoms with E-state index in [2.05, 4.69) is 19.8 Å². The summed E-state index contributed by atoms with van der Waals surface area (Å²) in [5.74, 6) is 0.709. The molecule has 6 heteroatoms. The number of fused-ring (bicyclic) bond motifs is 3. The fraction of sp³-hybridized carbons (Fsp3) is 0.500. The van der Waals surface area contributed by atoms with Gasteiger partial charge in [0.2, 0.25) is 0 Å². The van der Waals surface area contributed by atoms with Gasteiger partial charge in [0.15, 0.2) is 5.82 Å². The average molecular weight is 246 g/mol. The number of aromatic nitrogens is 4. The molecule has 1 aliphatic carbocycles.